The number of fused-ring (bicyclic) bond motifs is 4. The molecule has 9 nitrogen and oxygen atoms in total. The van der Waals surface area contributed by atoms with Crippen LogP contribution in [0.15, 0.2) is 59.7 Å². The van der Waals surface area contributed by atoms with Gasteiger partial charge in [0.05, 0.1) is 42.5 Å². The van der Waals surface area contributed by atoms with Gasteiger partial charge in [-0.1, -0.05) is 36.4 Å². The highest BCUT2D eigenvalue weighted by atomic mass is 16.5. The molecule has 0 spiro atoms. The second-order valence-corrected chi connectivity index (χ2v) is 11.4. The fraction of sp³-hybridized carbons (Fsp3) is 0.312. The Morgan fingerprint density at radius 2 is 1.95 bits per heavy atom. The van der Waals surface area contributed by atoms with Gasteiger partial charge >= 0.3 is 0 Å². The van der Waals surface area contributed by atoms with E-state index < -0.39 is 0 Å². The van der Waals surface area contributed by atoms with Gasteiger partial charge in [0.25, 0.3) is 5.56 Å². The molecule has 6 heterocycles. The molecule has 0 radical (unpaired) electrons. The lowest BCUT2D eigenvalue weighted by molar-refractivity contribution is -0.0735. The number of aromatic nitrogens is 4. The summed E-state index contributed by atoms with van der Waals surface area (Å²) in [5.74, 6) is 0.688. The summed E-state index contributed by atoms with van der Waals surface area (Å²) in [5.41, 5.74) is 5.71. The predicted molar refractivity (Wildman–Crippen MR) is 161 cm³/mol. The van der Waals surface area contributed by atoms with Crippen molar-refractivity contribution in [1.29, 1.82) is 0 Å². The maximum atomic E-state index is 13.8. The minimum absolute atomic E-state index is 0.0961. The summed E-state index contributed by atoms with van der Waals surface area (Å²) in [6.07, 6.45) is 14.1. The molecule has 41 heavy (non-hydrogen) atoms. The van der Waals surface area contributed by atoms with Crippen molar-refractivity contribution in [1.82, 2.24) is 23.8 Å². The third-order valence-electron chi connectivity index (χ3n) is 8.74. The molecule has 1 aromatic carbocycles. The van der Waals surface area contributed by atoms with Crippen LogP contribution in [0.25, 0.3) is 29.6 Å². The normalized spacial score (nSPS) is 18.1. The van der Waals surface area contributed by atoms with Crippen LogP contribution in [0.4, 0.5) is 17.2 Å². The van der Waals surface area contributed by atoms with E-state index in [1.54, 1.807) is 4.57 Å². The molecule has 3 aliphatic heterocycles. The summed E-state index contributed by atoms with van der Waals surface area (Å²) in [7, 11) is 1.81. The van der Waals surface area contributed by atoms with Crippen molar-refractivity contribution in [2.75, 3.05) is 30.0 Å². The van der Waals surface area contributed by atoms with E-state index in [0.29, 0.717) is 17.5 Å². The van der Waals surface area contributed by atoms with Crippen molar-refractivity contribution in [3.05, 3.63) is 87.2 Å². The molecule has 0 unspecified atom stereocenters. The highest BCUT2D eigenvalue weighted by Gasteiger charge is 2.30. The zero-order valence-corrected chi connectivity index (χ0v) is 23.2. The minimum atomic E-state index is -0.0961. The number of benzene rings is 1. The Kier molecular flexibility index (Phi) is 5.75. The molecule has 4 aliphatic rings. The smallest absolute Gasteiger partial charge is 0.274 e. The van der Waals surface area contributed by atoms with E-state index in [2.05, 4.69) is 73.3 Å². The second kappa shape index (κ2) is 9.64. The van der Waals surface area contributed by atoms with Gasteiger partial charge in [-0.25, -0.2) is 0 Å². The molecular weight excluding hydrogens is 514 g/mol. The van der Waals surface area contributed by atoms with E-state index >= 15 is 0 Å². The summed E-state index contributed by atoms with van der Waals surface area (Å²) in [6, 6.07) is 15.0. The molecule has 0 saturated carbocycles. The van der Waals surface area contributed by atoms with Crippen LogP contribution >= 0.6 is 0 Å². The average molecular weight is 548 g/mol. The SMILES string of the molecule is Cn1cc(N2C=Cn3c(cc4c3=CCCC4)=C2)c(-c2ccccc2)c(Nc2cc3n(n2)CCN(C2COC2)C3)c1=O. The third kappa shape index (κ3) is 4.15. The highest BCUT2D eigenvalue weighted by Crippen LogP contribution is 2.37. The predicted octanol–water partition coefficient (Wildman–Crippen LogP) is 2.81. The molecule has 3 aromatic heterocycles. The molecule has 9 heteroatoms. The van der Waals surface area contributed by atoms with Crippen molar-refractivity contribution in [3.63, 3.8) is 0 Å². The van der Waals surface area contributed by atoms with Gasteiger partial charge in [-0.3, -0.25) is 14.4 Å². The first kappa shape index (κ1) is 24.5. The van der Waals surface area contributed by atoms with E-state index in [1.807, 2.05) is 31.4 Å². The van der Waals surface area contributed by atoms with Crippen LogP contribution in [0.5, 0.6) is 0 Å². The Morgan fingerprint density at radius 1 is 1.07 bits per heavy atom. The maximum Gasteiger partial charge on any atom is 0.274 e. The molecule has 1 fully saturated rings. The lowest BCUT2D eigenvalue weighted by Gasteiger charge is -2.39. The fourth-order valence-corrected chi connectivity index (χ4v) is 6.46. The maximum absolute atomic E-state index is 13.8. The first-order valence-electron chi connectivity index (χ1n) is 14.5. The Balaban J connectivity index is 1.23. The number of nitrogens with zero attached hydrogens (tertiary/aromatic N) is 6. The standard InChI is InChI=1S/C32H33N7O2/c1-35-19-28(37-11-13-38-24(17-37)15-23-9-5-6-10-27(23)38)30(22-7-3-2-4-8-22)31(32(35)40)33-29-16-25-18-36(26-20-41-21-26)12-14-39(25)34-29/h2-4,7-8,10-11,13,15-17,19,26H,5-6,9,12,14,18,20-21H2,1H3,(H,33,34). The summed E-state index contributed by atoms with van der Waals surface area (Å²) < 4.78 is 11.4. The summed E-state index contributed by atoms with van der Waals surface area (Å²) >= 11 is 0. The van der Waals surface area contributed by atoms with E-state index in [-0.39, 0.29) is 5.56 Å². The van der Waals surface area contributed by atoms with Gasteiger partial charge in [0.1, 0.15) is 5.69 Å². The van der Waals surface area contributed by atoms with Crippen molar-refractivity contribution in [2.24, 2.45) is 7.05 Å². The van der Waals surface area contributed by atoms with E-state index in [0.717, 1.165) is 73.5 Å². The summed E-state index contributed by atoms with van der Waals surface area (Å²) in [5, 5.41) is 10.8. The Hall–Kier alpha value is -4.34. The van der Waals surface area contributed by atoms with Gasteiger partial charge in [-0.15, -0.1) is 0 Å². The van der Waals surface area contributed by atoms with Gasteiger partial charge in [-0.05, 0) is 36.5 Å². The summed E-state index contributed by atoms with van der Waals surface area (Å²) in [6.45, 7) is 4.22. The average Bonchev–Trinajstić information content (AvgIpc) is 3.55. The quantitative estimate of drug-likeness (QED) is 0.415. The number of anilines is 3. The minimum Gasteiger partial charge on any atom is -0.378 e. The van der Waals surface area contributed by atoms with Crippen molar-refractivity contribution in [3.8, 4) is 11.1 Å². The van der Waals surface area contributed by atoms with Crippen LogP contribution < -0.4 is 26.5 Å². The molecule has 0 amide bonds. The number of pyridine rings is 1. The first-order chi connectivity index (χ1) is 20.1. The number of aryl methyl sites for hydroxylation is 2. The molecule has 4 aromatic rings. The lowest BCUT2D eigenvalue weighted by atomic mass is 10.0. The molecule has 0 atom stereocenters. The first-order valence-corrected chi connectivity index (χ1v) is 14.5. The number of nitrogens with one attached hydrogen (secondary N) is 1. The molecule has 1 saturated heterocycles. The van der Waals surface area contributed by atoms with Crippen molar-refractivity contribution >= 4 is 35.7 Å². The molecule has 0 bridgehead atoms. The van der Waals surface area contributed by atoms with Gasteiger partial charge in [-0.2, -0.15) is 5.10 Å². The number of rotatable bonds is 5. The Bertz CT molecular complexity index is 1860. The van der Waals surface area contributed by atoms with Gasteiger partial charge in [0.2, 0.25) is 0 Å². The number of ether oxygens (including phenoxy) is 1. The van der Waals surface area contributed by atoms with Gasteiger partial charge in [0.15, 0.2) is 5.82 Å². The van der Waals surface area contributed by atoms with Crippen LogP contribution in [-0.2, 0) is 31.3 Å². The molecule has 1 aliphatic carbocycles. The van der Waals surface area contributed by atoms with Crippen LogP contribution in [0.3, 0.4) is 0 Å². The van der Waals surface area contributed by atoms with E-state index in [4.69, 9.17) is 9.84 Å². The third-order valence-corrected chi connectivity index (χ3v) is 8.74. The van der Waals surface area contributed by atoms with Gasteiger partial charge in [0, 0.05) is 61.9 Å². The summed E-state index contributed by atoms with van der Waals surface area (Å²) in [4.78, 5) is 18.3. The topological polar surface area (TPSA) is 72.5 Å². The van der Waals surface area contributed by atoms with Crippen LogP contribution in [0.1, 0.15) is 24.1 Å². The van der Waals surface area contributed by atoms with E-state index in [1.165, 1.54) is 17.3 Å². The van der Waals surface area contributed by atoms with E-state index in [9.17, 15) is 4.79 Å². The van der Waals surface area contributed by atoms with Gasteiger partial charge < -0.3 is 24.1 Å². The fourth-order valence-electron chi connectivity index (χ4n) is 6.46. The van der Waals surface area contributed by atoms with Crippen LogP contribution in [-0.4, -0.2) is 49.6 Å². The van der Waals surface area contributed by atoms with Crippen LogP contribution in [0, 0.1) is 0 Å². The molecule has 1 N–H and O–H groups in total. The Labute approximate surface area is 237 Å². The molecular formula is C32H33N7O2. The number of hydrogen-bond donors (Lipinski definition) is 1. The highest BCUT2D eigenvalue weighted by molar-refractivity contribution is 5.92. The Morgan fingerprint density at radius 3 is 2.78 bits per heavy atom. The van der Waals surface area contributed by atoms with Crippen molar-refractivity contribution in [2.45, 2.75) is 38.4 Å². The molecule has 8 rings (SSSR count). The second-order valence-electron chi connectivity index (χ2n) is 11.4. The molecule has 208 valence electrons. The monoisotopic (exact) mass is 547 g/mol. The van der Waals surface area contributed by atoms with Crippen molar-refractivity contribution < 1.29 is 4.74 Å². The van der Waals surface area contributed by atoms with Crippen LogP contribution in [0.2, 0.25) is 0 Å². The zero-order valence-electron chi connectivity index (χ0n) is 23.2. The lowest BCUT2D eigenvalue weighted by Crippen LogP contribution is -2.51. The zero-order chi connectivity index (χ0) is 27.5. The number of hydrogen-bond acceptors (Lipinski definition) is 6. The largest absolute Gasteiger partial charge is 0.378 e.